The molecule has 1 N–H and O–H groups in total. The van der Waals surface area contributed by atoms with Crippen LogP contribution in [0.2, 0.25) is 5.15 Å². The number of hydrogen-bond acceptors (Lipinski definition) is 4. The van der Waals surface area contributed by atoms with Gasteiger partial charge in [0.1, 0.15) is 0 Å². The summed E-state index contributed by atoms with van der Waals surface area (Å²) < 4.78 is 26.0. The van der Waals surface area contributed by atoms with Gasteiger partial charge in [-0.1, -0.05) is 23.7 Å². The molecule has 7 heteroatoms. The Morgan fingerprint density at radius 2 is 1.78 bits per heavy atom. The van der Waals surface area contributed by atoms with Crippen LogP contribution in [0.15, 0.2) is 24.3 Å². The maximum Gasteiger partial charge on any atom is 0.236 e. The lowest BCUT2D eigenvalue weighted by molar-refractivity contribution is 0.600. The van der Waals surface area contributed by atoms with E-state index in [1.54, 1.807) is 12.1 Å². The number of aromatic nitrogens is 2. The second-order valence-corrected chi connectivity index (χ2v) is 6.52. The fourth-order valence-corrected chi connectivity index (χ4v) is 3.21. The van der Waals surface area contributed by atoms with Crippen molar-refractivity contribution >= 4 is 38.5 Å². The molecule has 0 amide bonds. The fourth-order valence-electron chi connectivity index (χ4n) is 1.64. The van der Waals surface area contributed by atoms with Crippen LogP contribution in [-0.2, 0) is 10.0 Å². The highest BCUT2D eigenvalue weighted by Gasteiger charge is 2.36. The zero-order chi connectivity index (χ0) is 12.8. The molecule has 1 aromatic heterocycles. The average molecular weight is 284 g/mol. The van der Waals surface area contributed by atoms with Gasteiger partial charge >= 0.3 is 0 Å². The van der Waals surface area contributed by atoms with Crippen LogP contribution < -0.4 is 4.72 Å². The molecule has 5 nitrogen and oxygen atoms in total. The van der Waals surface area contributed by atoms with Crippen molar-refractivity contribution in [1.29, 1.82) is 0 Å². The number of para-hydroxylation sites is 2. The van der Waals surface area contributed by atoms with Crippen molar-refractivity contribution in [2.75, 3.05) is 4.72 Å². The first-order chi connectivity index (χ1) is 8.56. The smallest absolute Gasteiger partial charge is 0.236 e. The van der Waals surface area contributed by atoms with Crippen molar-refractivity contribution in [2.45, 2.75) is 18.1 Å². The molecular weight excluding hydrogens is 274 g/mol. The maximum absolute atomic E-state index is 11.8. The van der Waals surface area contributed by atoms with Crippen molar-refractivity contribution in [3.8, 4) is 0 Å². The Morgan fingerprint density at radius 1 is 1.17 bits per heavy atom. The highest BCUT2D eigenvalue weighted by Crippen LogP contribution is 2.31. The van der Waals surface area contributed by atoms with Crippen LogP contribution in [0.5, 0.6) is 0 Å². The number of anilines is 1. The van der Waals surface area contributed by atoms with Crippen LogP contribution in [-0.4, -0.2) is 23.6 Å². The number of halogens is 1. The van der Waals surface area contributed by atoms with E-state index in [4.69, 9.17) is 11.6 Å². The van der Waals surface area contributed by atoms with Gasteiger partial charge in [-0.05, 0) is 25.0 Å². The van der Waals surface area contributed by atoms with Crippen molar-refractivity contribution in [2.24, 2.45) is 0 Å². The SMILES string of the molecule is O=S(=O)(Nc1nc2ccccc2nc1Cl)C1CC1. The van der Waals surface area contributed by atoms with E-state index in [0.717, 1.165) is 0 Å². The molecule has 0 spiro atoms. The third-order valence-electron chi connectivity index (χ3n) is 2.73. The molecule has 1 aromatic carbocycles. The molecule has 1 fully saturated rings. The Bertz CT molecular complexity index is 713. The molecule has 0 atom stereocenters. The predicted molar refractivity (Wildman–Crippen MR) is 70.1 cm³/mol. The fraction of sp³-hybridized carbons (Fsp3) is 0.273. The summed E-state index contributed by atoms with van der Waals surface area (Å²) in [5.41, 5.74) is 1.24. The summed E-state index contributed by atoms with van der Waals surface area (Å²) in [7, 11) is -3.37. The van der Waals surface area contributed by atoms with Crippen molar-refractivity contribution in [3.05, 3.63) is 29.4 Å². The lowest BCUT2D eigenvalue weighted by Crippen LogP contribution is -2.18. The lowest BCUT2D eigenvalue weighted by atomic mass is 10.3. The lowest BCUT2D eigenvalue weighted by Gasteiger charge is -2.08. The molecule has 1 heterocycles. The third kappa shape index (κ3) is 2.13. The van der Waals surface area contributed by atoms with E-state index in [-0.39, 0.29) is 16.2 Å². The highest BCUT2D eigenvalue weighted by molar-refractivity contribution is 7.93. The summed E-state index contributed by atoms with van der Waals surface area (Å²) in [5.74, 6) is 0.0993. The van der Waals surface area contributed by atoms with Crippen LogP contribution in [0.4, 0.5) is 5.82 Å². The van der Waals surface area contributed by atoms with Crippen molar-refractivity contribution in [3.63, 3.8) is 0 Å². The molecule has 18 heavy (non-hydrogen) atoms. The quantitative estimate of drug-likeness (QED) is 0.937. The Labute approximate surface area is 109 Å². The van der Waals surface area contributed by atoms with Gasteiger partial charge in [0, 0.05) is 0 Å². The second kappa shape index (κ2) is 4.07. The summed E-state index contributed by atoms with van der Waals surface area (Å²) in [6.07, 6.45) is 1.38. The van der Waals surface area contributed by atoms with E-state index in [0.29, 0.717) is 23.9 Å². The van der Waals surface area contributed by atoms with Crippen molar-refractivity contribution in [1.82, 2.24) is 9.97 Å². The standard InChI is InChI=1S/C11H10ClN3O2S/c12-10-11(15-18(16,17)7-5-6-7)14-9-4-2-1-3-8(9)13-10/h1-4,7H,5-6H2,(H,14,15). The maximum atomic E-state index is 11.8. The molecule has 0 aliphatic heterocycles. The number of benzene rings is 1. The Morgan fingerprint density at radius 3 is 2.39 bits per heavy atom. The van der Waals surface area contributed by atoms with E-state index in [2.05, 4.69) is 14.7 Å². The third-order valence-corrected chi connectivity index (χ3v) is 4.82. The average Bonchev–Trinajstić information content (AvgIpc) is 3.14. The highest BCUT2D eigenvalue weighted by atomic mass is 35.5. The van der Waals surface area contributed by atoms with Crippen LogP contribution >= 0.6 is 11.6 Å². The van der Waals surface area contributed by atoms with Crippen LogP contribution in [0, 0.1) is 0 Å². The number of fused-ring (bicyclic) bond motifs is 1. The zero-order valence-electron chi connectivity index (χ0n) is 9.30. The molecule has 0 unspecified atom stereocenters. The number of nitrogens with zero attached hydrogens (tertiary/aromatic N) is 2. The van der Waals surface area contributed by atoms with Gasteiger partial charge in [-0.2, -0.15) is 0 Å². The molecule has 1 aliphatic rings. The van der Waals surface area contributed by atoms with Gasteiger partial charge in [0.2, 0.25) is 10.0 Å². The summed E-state index contributed by atoms with van der Waals surface area (Å²) in [4.78, 5) is 8.30. The number of rotatable bonds is 3. The minimum atomic E-state index is -3.37. The van der Waals surface area contributed by atoms with E-state index in [1.807, 2.05) is 12.1 Å². The summed E-state index contributed by atoms with van der Waals surface area (Å²) >= 11 is 5.93. The Hall–Kier alpha value is -1.40. The number of sulfonamides is 1. The minimum Gasteiger partial charge on any atom is -0.265 e. The van der Waals surface area contributed by atoms with Gasteiger partial charge in [0.05, 0.1) is 16.3 Å². The van der Waals surface area contributed by atoms with E-state index in [9.17, 15) is 8.42 Å². The predicted octanol–water partition coefficient (Wildman–Crippen LogP) is 2.19. The van der Waals surface area contributed by atoms with E-state index < -0.39 is 10.0 Å². The summed E-state index contributed by atoms with van der Waals surface area (Å²) in [5, 5.41) is -0.250. The number of hydrogen-bond donors (Lipinski definition) is 1. The largest absolute Gasteiger partial charge is 0.265 e. The molecule has 94 valence electrons. The first-order valence-corrected chi connectivity index (χ1v) is 7.42. The minimum absolute atomic E-state index is 0.0675. The van der Waals surface area contributed by atoms with Gasteiger partial charge in [-0.3, -0.25) is 4.72 Å². The van der Waals surface area contributed by atoms with Crippen LogP contribution in [0.25, 0.3) is 11.0 Å². The Balaban J connectivity index is 2.03. The molecule has 0 saturated heterocycles. The first kappa shape index (κ1) is 11.7. The van der Waals surface area contributed by atoms with Gasteiger partial charge in [0.25, 0.3) is 0 Å². The van der Waals surface area contributed by atoms with Gasteiger partial charge in [-0.25, -0.2) is 18.4 Å². The van der Waals surface area contributed by atoms with E-state index in [1.165, 1.54) is 0 Å². The summed E-state index contributed by atoms with van der Waals surface area (Å²) in [6, 6.07) is 7.16. The molecule has 0 bridgehead atoms. The Kier molecular flexibility index (Phi) is 2.64. The number of nitrogens with one attached hydrogen (secondary N) is 1. The second-order valence-electron chi connectivity index (χ2n) is 4.20. The van der Waals surface area contributed by atoms with E-state index >= 15 is 0 Å². The molecule has 2 aromatic rings. The molecule has 3 rings (SSSR count). The summed E-state index contributed by atoms with van der Waals surface area (Å²) in [6.45, 7) is 0. The molecular formula is C11H10ClN3O2S. The zero-order valence-corrected chi connectivity index (χ0v) is 10.9. The first-order valence-electron chi connectivity index (χ1n) is 5.50. The molecule has 1 saturated carbocycles. The van der Waals surface area contributed by atoms with Gasteiger partial charge in [-0.15, -0.1) is 0 Å². The topological polar surface area (TPSA) is 72.0 Å². The van der Waals surface area contributed by atoms with Gasteiger partial charge < -0.3 is 0 Å². The molecule has 0 radical (unpaired) electrons. The van der Waals surface area contributed by atoms with Crippen LogP contribution in [0.1, 0.15) is 12.8 Å². The van der Waals surface area contributed by atoms with Crippen LogP contribution in [0.3, 0.4) is 0 Å². The van der Waals surface area contributed by atoms with Gasteiger partial charge in [0.15, 0.2) is 11.0 Å². The molecule has 1 aliphatic carbocycles. The monoisotopic (exact) mass is 283 g/mol. The normalized spacial score (nSPS) is 15.8. The van der Waals surface area contributed by atoms with Crippen molar-refractivity contribution < 1.29 is 8.42 Å².